The number of anilines is 2. The largest absolute Gasteiger partial charge is 0.369 e. The molecule has 2 aromatic rings. The Balaban J connectivity index is 2.09. The van der Waals surface area contributed by atoms with Gasteiger partial charge in [0, 0.05) is 13.1 Å². The van der Waals surface area contributed by atoms with E-state index in [4.69, 9.17) is 0 Å². The maximum atomic E-state index is 13.1. The zero-order valence-corrected chi connectivity index (χ0v) is 12.0. The minimum absolute atomic E-state index is 0.241. The highest BCUT2D eigenvalue weighted by Crippen LogP contribution is 2.26. The van der Waals surface area contributed by atoms with Gasteiger partial charge >= 0.3 is 0 Å². The summed E-state index contributed by atoms with van der Waals surface area (Å²) in [6.45, 7) is 3.27. The number of hydrogen-bond acceptors (Lipinski definition) is 4. The summed E-state index contributed by atoms with van der Waals surface area (Å²) in [5.41, 5.74) is 0.857. The van der Waals surface area contributed by atoms with Gasteiger partial charge in [0.05, 0.1) is 0 Å². The number of rotatable bonds is 5. The van der Waals surface area contributed by atoms with E-state index >= 15 is 0 Å². The topological polar surface area (TPSA) is 49.8 Å². The predicted octanol–water partition coefficient (Wildman–Crippen LogP) is 3.42. The van der Waals surface area contributed by atoms with Crippen molar-refractivity contribution in [3.05, 3.63) is 46.4 Å². The molecule has 0 aliphatic carbocycles. The van der Waals surface area contributed by atoms with Crippen LogP contribution in [0.2, 0.25) is 0 Å². The number of aromatic nitrogens is 2. The lowest BCUT2D eigenvalue weighted by Gasteiger charge is -2.10. The molecule has 6 heteroatoms. The van der Waals surface area contributed by atoms with E-state index in [1.165, 1.54) is 18.5 Å². The minimum atomic E-state index is -0.241. The van der Waals surface area contributed by atoms with E-state index in [1.54, 1.807) is 6.07 Å². The first kappa shape index (κ1) is 13.7. The molecular weight excluding hydrogens is 311 g/mol. The second-order valence-electron chi connectivity index (χ2n) is 3.90. The van der Waals surface area contributed by atoms with Crippen molar-refractivity contribution < 1.29 is 4.39 Å². The summed E-state index contributed by atoms with van der Waals surface area (Å²) in [6.07, 6.45) is 1.48. The summed E-state index contributed by atoms with van der Waals surface area (Å²) in [7, 11) is 0. The van der Waals surface area contributed by atoms with Crippen LogP contribution in [0.4, 0.5) is 16.0 Å². The molecule has 1 heterocycles. The molecule has 0 radical (unpaired) electrons. The summed E-state index contributed by atoms with van der Waals surface area (Å²) in [4.78, 5) is 8.28. The van der Waals surface area contributed by atoms with Crippen LogP contribution in [-0.2, 0) is 6.54 Å². The SMILES string of the molecule is CCNc1ncnc(NCc2cccc(F)c2)c1Br. The normalized spacial score (nSPS) is 10.3. The van der Waals surface area contributed by atoms with Crippen LogP contribution >= 0.6 is 15.9 Å². The maximum Gasteiger partial charge on any atom is 0.146 e. The third kappa shape index (κ3) is 3.64. The Hall–Kier alpha value is -1.69. The van der Waals surface area contributed by atoms with Gasteiger partial charge in [-0.2, -0.15) is 0 Å². The van der Waals surface area contributed by atoms with Crippen molar-refractivity contribution in [1.29, 1.82) is 0 Å². The first-order chi connectivity index (χ1) is 9.20. The van der Waals surface area contributed by atoms with E-state index in [-0.39, 0.29) is 5.82 Å². The summed E-state index contributed by atoms with van der Waals surface area (Å²) in [5, 5.41) is 6.28. The highest BCUT2D eigenvalue weighted by Gasteiger charge is 2.07. The Morgan fingerprint density at radius 2 is 1.95 bits per heavy atom. The number of hydrogen-bond donors (Lipinski definition) is 2. The van der Waals surface area contributed by atoms with E-state index in [2.05, 4.69) is 36.5 Å². The Kier molecular flexibility index (Phi) is 4.68. The molecule has 0 aliphatic rings. The van der Waals surface area contributed by atoms with Crippen molar-refractivity contribution in [3.63, 3.8) is 0 Å². The lowest BCUT2D eigenvalue weighted by atomic mass is 10.2. The molecule has 0 atom stereocenters. The fraction of sp³-hybridized carbons (Fsp3) is 0.231. The smallest absolute Gasteiger partial charge is 0.146 e. The molecular formula is C13H14BrFN4. The van der Waals surface area contributed by atoms with E-state index in [9.17, 15) is 4.39 Å². The number of nitrogens with one attached hydrogen (secondary N) is 2. The Bertz CT molecular complexity index is 562. The Morgan fingerprint density at radius 1 is 1.21 bits per heavy atom. The van der Waals surface area contributed by atoms with Gasteiger partial charge in [-0.1, -0.05) is 12.1 Å². The van der Waals surface area contributed by atoms with Crippen molar-refractivity contribution in [2.75, 3.05) is 17.2 Å². The lowest BCUT2D eigenvalue weighted by molar-refractivity contribution is 0.626. The van der Waals surface area contributed by atoms with E-state index in [0.29, 0.717) is 12.4 Å². The molecule has 0 unspecified atom stereocenters. The van der Waals surface area contributed by atoms with Gasteiger partial charge in [-0.25, -0.2) is 14.4 Å². The van der Waals surface area contributed by atoms with Gasteiger partial charge in [-0.3, -0.25) is 0 Å². The zero-order chi connectivity index (χ0) is 13.7. The van der Waals surface area contributed by atoms with Crippen molar-refractivity contribution >= 4 is 27.6 Å². The predicted molar refractivity (Wildman–Crippen MR) is 77.6 cm³/mol. The summed E-state index contributed by atoms with van der Waals surface area (Å²) in [6, 6.07) is 6.46. The number of nitrogens with zero attached hydrogens (tertiary/aromatic N) is 2. The van der Waals surface area contributed by atoms with Crippen molar-refractivity contribution in [1.82, 2.24) is 9.97 Å². The molecule has 2 rings (SSSR count). The lowest BCUT2D eigenvalue weighted by Crippen LogP contribution is -2.06. The van der Waals surface area contributed by atoms with Gasteiger partial charge in [0.1, 0.15) is 28.3 Å². The molecule has 0 saturated carbocycles. The molecule has 100 valence electrons. The molecule has 1 aromatic heterocycles. The van der Waals surface area contributed by atoms with Crippen LogP contribution in [-0.4, -0.2) is 16.5 Å². The van der Waals surface area contributed by atoms with Gasteiger partial charge in [0.25, 0.3) is 0 Å². The van der Waals surface area contributed by atoms with Crippen LogP contribution in [0.15, 0.2) is 35.1 Å². The van der Waals surface area contributed by atoms with Crippen molar-refractivity contribution in [2.45, 2.75) is 13.5 Å². The third-order valence-electron chi connectivity index (χ3n) is 2.48. The van der Waals surface area contributed by atoms with Gasteiger partial charge in [-0.05, 0) is 40.5 Å². The van der Waals surface area contributed by atoms with E-state index in [1.807, 2.05) is 13.0 Å². The van der Waals surface area contributed by atoms with Crippen molar-refractivity contribution in [2.24, 2.45) is 0 Å². The summed E-state index contributed by atoms with van der Waals surface area (Å²) >= 11 is 3.45. The van der Waals surface area contributed by atoms with Crippen molar-refractivity contribution in [3.8, 4) is 0 Å². The Labute approximate surface area is 119 Å². The fourth-order valence-corrected chi connectivity index (χ4v) is 2.10. The molecule has 2 N–H and O–H groups in total. The molecule has 0 amide bonds. The minimum Gasteiger partial charge on any atom is -0.369 e. The van der Waals surface area contributed by atoms with Crippen LogP contribution in [0.3, 0.4) is 0 Å². The molecule has 4 nitrogen and oxygen atoms in total. The van der Waals surface area contributed by atoms with E-state index in [0.717, 1.165) is 22.4 Å². The standard InChI is InChI=1S/C13H14BrFN4/c1-2-16-12-11(14)13(19-8-18-12)17-7-9-4-3-5-10(15)6-9/h3-6,8H,2,7H2,1H3,(H2,16,17,18,19). The van der Waals surface area contributed by atoms with Gasteiger partial charge in [-0.15, -0.1) is 0 Å². The second-order valence-corrected chi connectivity index (χ2v) is 4.69. The van der Waals surface area contributed by atoms with Gasteiger partial charge in [0.2, 0.25) is 0 Å². The molecule has 0 bridgehead atoms. The van der Waals surface area contributed by atoms with Crippen LogP contribution in [0, 0.1) is 5.82 Å². The first-order valence-corrected chi connectivity index (χ1v) is 6.72. The average molecular weight is 325 g/mol. The Morgan fingerprint density at radius 3 is 2.63 bits per heavy atom. The number of halogens is 2. The monoisotopic (exact) mass is 324 g/mol. The van der Waals surface area contributed by atoms with Crippen LogP contribution < -0.4 is 10.6 Å². The summed E-state index contributed by atoms with van der Waals surface area (Å²) < 4.78 is 13.8. The van der Waals surface area contributed by atoms with Crippen LogP contribution in [0.25, 0.3) is 0 Å². The molecule has 0 fully saturated rings. The van der Waals surface area contributed by atoms with Gasteiger partial charge in [0.15, 0.2) is 0 Å². The summed E-state index contributed by atoms with van der Waals surface area (Å²) in [5.74, 6) is 1.17. The second kappa shape index (κ2) is 6.47. The fourth-order valence-electron chi connectivity index (χ4n) is 1.62. The third-order valence-corrected chi connectivity index (χ3v) is 3.23. The molecule has 1 aromatic carbocycles. The highest BCUT2D eigenvalue weighted by molar-refractivity contribution is 9.10. The van der Waals surface area contributed by atoms with Crippen LogP contribution in [0.1, 0.15) is 12.5 Å². The molecule has 0 aliphatic heterocycles. The average Bonchev–Trinajstić information content (AvgIpc) is 2.40. The highest BCUT2D eigenvalue weighted by atomic mass is 79.9. The van der Waals surface area contributed by atoms with E-state index < -0.39 is 0 Å². The van der Waals surface area contributed by atoms with Gasteiger partial charge < -0.3 is 10.6 Å². The number of benzene rings is 1. The maximum absolute atomic E-state index is 13.1. The quantitative estimate of drug-likeness (QED) is 0.884. The molecule has 19 heavy (non-hydrogen) atoms. The molecule has 0 spiro atoms. The zero-order valence-electron chi connectivity index (χ0n) is 10.5. The molecule has 0 saturated heterocycles. The van der Waals surface area contributed by atoms with Crippen LogP contribution in [0.5, 0.6) is 0 Å². The first-order valence-electron chi connectivity index (χ1n) is 5.93.